The van der Waals surface area contributed by atoms with Crippen molar-refractivity contribution in [3.05, 3.63) is 250 Å². The Labute approximate surface area is 457 Å². The molecule has 4 aliphatic heterocycles. The lowest BCUT2D eigenvalue weighted by Gasteiger charge is -2.38. The van der Waals surface area contributed by atoms with E-state index in [2.05, 4.69) is 123 Å². The molecule has 12 rings (SSSR count). The van der Waals surface area contributed by atoms with E-state index in [4.69, 9.17) is 18.9 Å². The van der Waals surface area contributed by atoms with Gasteiger partial charge in [-0.2, -0.15) is 0 Å². The second kappa shape index (κ2) is 18.6. The Morgan fingerprint density at radius 2 is 0.846 bits per heavy atom. The first-order valence-corrected chi connectivity index (χ1v) is 26.6. The molecular formula is C68H62N4O6. The summed E-state index contributed by atoms with van der Waals surface area (Å²) in [6.45, 7) is 18.1. The van der Waals surface area contributed by atoms with Crippen LogP contribution in [0.25, 0.3) is 0 Å². The average molecular weight is 1030 g/mol. The molecule has 0 saturated heterocycles. The summed E-state index contributed by atoms with van der Waals surface area (Å²) in [5.74, 6) is 1.85. The third-order valence-corrected chi connectivity index (χ3v) is 16.6. The molecule has 0 bridgehead atoms. The van der Waals surface area contributed by atoms with E-state index < -0.39 is 11.2 Å². The lowest BCUT2D eigenvalue weighted by Crippen LogP contribution is -2.33. The zero-order valence-corrected chi connectivity index (χ0v) is 45.4. The molecule has 390 valence electrons. The van der Waals surface area contributed by atoms with Gasteiger partial charge in [-0.1, -0.05) is 86.7 Å². The molecule has 8 aromatic carbocycles. The number of hydrogen-bond acceptors (Lipinski definition) is 10. The number of hydrogen-bond donors (Lipinski definition) is 0. The molecule has 0 saturated carbocycles. The van der Waals surface area contributed by atoms with E-state index in [0.29, 0.717) is 47.2 Å². The highest BCUT2D eigenvalue weighted by Gasteiger charge is 2.55. The molecule has 0 radical (unpaired) electrons. The van der Waals surface area contributed by atoms with Gasteiger partial charge < -0.3 is 38.5 Å². The Hall–Kier alpha value is -9.02. The molecule has 8 aromatic rings. The molecule has 2 unspecified atom stereocenters. The van der Waals surface area contributed by atoms with E-state index in [-0.39, 0.29) is 17.4 Å². The molecular weight excluding hydrogens is 969 g/mol. The van der Waals surface area contributed by atoms with Gasteiger partial charge in [0.1, 0.15) is 23.0 Å². The lowest BCUT2D eigenvalue weighted by molar-refractivity contribution is 0.0214. The van der Waals surface area contributed by atoms with E-state index in [9.17, 15) is 9.59 Å². The fraction of sp³-hybridized carbons (Fsp3) is 0.206. The van der Waals surface area contributed by atoms with E-state index in [1.165, 1.54) is 11.1 Å². The smallest absolute Gasteiger partial charge is 0.340 e. The van der Waals surface area contributed by atoms with Gasteiger partial charge in [0, 0.05) is 126 Å². The van der Waals surface area contributed by atoms with E-state index >= 15 is 0 Å². The fourth-order valence-corrected chi connectivity index (χ4v) is 12.3. The van der Waals surface area contributed by atoms with Crippen molar-refractivity contribution in [2.45, 2.75) is 50.7 Å². The predicted molar refractivity (Wildman–Crippen MR) is 312 cm³/mol. The van der Waals surface area contributed by atoms with Crippen LogP contribution in [0.1, 0.15) is 96.6 Å². The number of fused-ring (bicyclic) bond motifs is 12. The van der Waals surface area contributed by atoms with Gasteiger partial charge in [-0.3, -0.25) is 0 Å². The van der Waals surface area contributed by atoms with Crippen molar-refractivity contribution in [1.82, 2.24) is 0 Å². The van der Waals surface area contributed by atoms with E-state index in [0.717, 1.165) is 85.1 Å². The summed E-state index contributed by atoms with van der Waals surface area (Å²) in [7, 11) is 7.99. The quantitative estimate of drug-likeness (QED) is 0.0822. The van der Waals surface area contributed by atoms with Gasteiger partial charge in [0.05, 0.1) is 11.1 Å². The van der Waals surface area contributed by atoms with Gasteiger partial charge in [0.15, 0.2) is 11.2 Å². The van der Waals surface area contributed by atoms with Crippen molar-refractivity contribution in [3.63, 3.8) is 0 Å². The Morgan fingerprint density at radius 1 is 0.474 bits per heavy atom. The van der Waals surface area contributed by atoms with E-state index in [1.54, 1.807) is 0 Å². The van der Waals surface area contributed by atoms with Crippen LogP contribution in [0.15, 0.2) is 183 Å². The fourth-order valence-electron chi connectivity index (χ4n) is 12.3. The third kappa shape index (κ3) is 7.44. The minimum absolute atomic E-state index is 0.334. The SMILES string of the molecule is C=CCN(c1ccc(C(C)(CC)c2ccc(N(CC=C)c3cc4c(cc3C)Oc3cc(N(C)C)ccc3C43OC(=O)c4ccccc43)cc2)cc1)c1cc2c(cc1C)Oc1cc(N(C)C)ccc1C21OC(=O)c2ccccc21. The number of rotatable bonds is 13. The number of carbonyl (C=O) groups excluding carboxylic acids is 2. The van der Waals surface area contributed by atoms with Crippen LogP contribution in [-0.2, 0) is 26.1 Å². The zero-order chi connectivity index (χ0) is 54.4. The maximum atomic E-state index is 13.8. The normalized spacial score (nSPS) is 17.6. The topological polar surface area (TPSA) is 84.0 Å². The molecule has 2 spiro atoms. The van der Waals surface area contributed by atoms with Crippen LogP contribution in [-0.4, -0.2) is 53.2 Å². The van der Waals surface area contributed by atoms with Crippen molar-refractivity contribution in [2.24, 2.45) is 0 Å². The van der Waals surface area contributed by atoms with Crippen molar-refractivity contribution >= 4 is 46.1 Å². The molecule has 0 amide bonds. The molecule has 4 heterocycles. The van der Waals surface area contributed by atoms with Crippen LogP contribution in [0.4, 0.5) is 34.1 Å². The second-order valence-electron chi connectivity index (χ2n) is 21.4. The molecule has 2 atom stereocenters. The largest absolute Gasteiger partial charge is 0.456 e. The van der Waals surface area contributed by atoms with Gasteiger partial charge in [0.25, 0.3) is 0 Å². The van der Waals surface area contributed by atoms with Crippen molar-refractivity contribution < 1.29 is 28.5 Å². The number of esters is 2. The molecule has 0 aliphatic carbocycles. The van der Waals surface area contributed by atoms with Crippen LogP contribution in [0.5, 0.6) is 23.0 Å². The van der Waals surface area contributed by atoms with Crippen molar-refractivity contribution in [3.8, 4) is 23.0 Å². The maximum Gasteiger partial charge on any atom is 0.340 e. The standard InChI is InChI=1S/C68H62N4O6/c1-11-34-71(58-40-56-60(36-42(58)4)75-62-38-48(69(7)8)30-32-54(62)67(56)52-20-16-14-18-50(52)64(73)77-67)46-26-22-44(23-27-46)66(6,13-3)45-24-28-47(29-25-45)72(35-12-2)59-41-57-61(37-43(59)5)76-63-39-49(70(9)10)31-33-55(63)68(57)53-21-17-15-19-51(53)65(74)78-68/h11-12,14-33,36-41H,1-2,13,34-35H2,3-10H3. The Bertz CT molecular complexity index is 3550. The van der Waals surface area contributed by atoms with Gasteiger partial charge in [-0.15, -0.1) is 13.2 Å². The van der Waals surface area contributed by atoms with Crippen LogP contribution < -0.4 is 29.1 Å². The number of nitrogens with zero attached hydrogens (tertiary/aromatic N) is 4. The average Bonchev–Trinajstić information content (AvgIpc) is 3.66. The molecule has 10 heteroatoms. The van der Waals surface area contributed by atoms with Crippen LogP contribution in [0.2, 0.25) is 0 Å². The number of anilines is 6. The monoisotopic (exact) mass is 1030 g/mol. The molecule has 78 heavy (non-hydrogen) atoms. The number of benzene rings is 8. The Balaban J connectivity index is 0.877. The predicted octanol–water partition coefficient (Wildman–Crippen LogP) is 14.9. The highest BCUT2D eigenvalue weighted by atomic mass is 16.6. The van der Waals surface area contributed by atoms with Crippen LogP contribution in [0.3, 0.4) is 0 Å². The number of aryl methyl sites for hydroxylation is 2. The summed E-state index contributed by atoms with van der Waals surface area (Å²) in [5.41, 5.74) is 13.2. The molecule has 10 nitrogen and oxygen atoms in total. The lowest BCUT2D eigenvalue weighted by atomic mass is 9.74. The maximum absolute atomic E-state index is 13.8. The Morgan fingerprint density at radius 3 is 1.22 bits per heavy atom. The second-order valence-corrected chi connectivity index (χ2v) is 21.4. The summed E-state index contributed by atoms with van der Waals surface area (Å²) in [5, 5.41) is 0. The summed E-state index contributed by atoms with van der Waals surface area (Å²) in [4.78, 5) is 36.1. The first-order chi connectivity index (χ1) is 37.6. The van der Waals surface area contributed by atoms with Gasteiger partial charge >= 0.3 is 11.9 Å². The first-order valence-electron chi connectivity index (χ1n) is 26.6. The van der Waals surface area contributed by atoms with Gasteiger partial charge in [-0.25, -0.2) is 9.59 Å². The van der Waals surface area contributed by atoms with Gasteiger partial charge in [-0.05, 0) is 127 Å². The third-order valence-electron chi connectivity index (χ3n) is 16.6. The highest BCUT2D eigenvalue weighted by molar-refractivity contribution is 5.98. The number of ether oxygens (including phenoxy) is 4. The minimum atomic E-state index is -1.21. The van der Waals surface area contributed by atoms with E-state index in [1.807, 2.05) is 135 Å². The molecule has 0 aromatic heterocycles. The summed E-state index contributed by atoms with van der Waals surface area (Å²) < 4.78 is 26.7. The minimum Gasteiger partial charge on any atom is -0.456 e. The number of carbonyl (C=O) groups is 2. The molecule has 0 fully saturated rings. The summed E-state index contributed by atoms with van der Waals surface area (Å²) in [6, 6.07) is 53.6. The Kier molecular flexibility index (Phi) is 11.9. The highest BCUT2D eigenvalue weighted by Crippen LogP contribution is 2.60. The van der Waals surface area contributed by atoms with Crippen molar-refractivity contribution in [1.29, 1.82) is 0 Å². The summed E-state index contributed by atoms with van der Waals surface area (Å²) >= 11 is 0. The summed E-state index contributed by atoms with van der Waals surface area (Å²) in [6.07, 6.45) is 4.68. The van der Waals surface area contributed by atoms with Crippen LogP contribution >= 0.6 is 0 Å². The van der Waals surface area contributed by atoms with Gasteiger partial charge in [0.2, 0.25) is 0 Å². The molecule has 0 N–H and O–H groups in total. The zero-order valence-electron chi connectivity index (χ0n) is 45.4. The first kappa shape index (κ1) is 49.8. The van der Waals surface area contributed by atoms with Crippen LogP contribution in [0, 0.1) is 13.8 Å². The van der Waals surface area contributed by atoms with Crippen molar-refractivity contribution in [2.75, 3.05) is 60.9 Å². The molecule has 4 aliphatic rings.